The Morgan fingerprint density at radius 2 is 2.15 bits per heavy atom. The predicted octanol–water partition coefficient (Wildman–Crippen LogP) is 3.25. The van der Waals surface area contributed by atoms with Crippen LogP contribution in [0, 0.1) is 10.1 Å². The molecule has 1 N–H and O–H groups in total. The molecule has 10 heteroatoms. The zero-order valence-corrected chi connectivity index (χ0v) is 15.4. The predicted molar refractivity (Wildman–Crippen MR) is 101 cm³/mol. The maximum absolute atomic E-state index is 11.7. The third-order valence-corrected chi connectivity index (χ3v) is 5.01. The molecule has 0 radical (unpaired) electrons. The molecule has 0 saturated heterocycles. The van der Waals surface area contributed by atoms with E-state index in [1.54, 1.807) is 24.9 Å². The molecule has 27 heavy (non-hydrogen) atoms. The molecule has 0 spiro atoms. The van der Waals surface area contributed by atoms with Gasteiger partial charge >= 0.3 is 5.82 Å². The van der Waals surface area contributed by atoms with Crippen molar-refractivity contribution in [2.75, 3.05) is 12.4 Å². The number of methoxy groups -OCH3 is 1. The van der Waals surface area contributed by atoms with Gasteiger partial charge in [-0.2, -0.15) is 9.38 Å². The van der Waals surface area contributed by atoms with Crippen molar-refractivity contribution in [3.8, 4) is 5.75 Å². The van der Waals surface area contributed by atoms with Crippen LogP contribution >= 0.6 is 11.3 Å². The lowest BCUT2D eigenvalue weighted by molar-refractivity contribution is -0.389. The second-order valence-electron chi connectivity index (χ2n) is 5.81. The molecule has 0 saturated carbocycles. The molecule has 0 fully saturated rings. The minimum absolute atomic E-state index is 0.111. The zero-order chi connectivity index (χ0) is 19.0. The first-order valence-corrected chi connectivity index (χ1v) is 8.94. The average Bonchev–Trinajstić information content (AvgIpc) is 3.35. The van der Waals surface area contributed by atoms with Crippen molar-refractivity contribution in [2.45, 2.75) is 6.04 Å². The molecule has 1 aromatic carbocycles. The lowest BCUT2D eigenvalue weighted by atomic mass is 10.0. The molecule has 0 bridgehead atoms. The number of nitrogens with zero attached hydrogens (tertiary/aromatic N) is 5. The molecular formula is C17H16N6O3S. The molecule has 4 rings (SSSR count). The fraction of sp³-hybridized carbons (Fsp3) is 0.176. The summed E-state index contributed by atoms with van der Waals surface area (Å²) >= 11 is 1.33. The summed E-state index contributed by atoms with van der Waals surface area (Å²) in [6.07, 6.45) is 5.13. The SMILES string of the molecule is COc1ccccc1C(Nc1nc2sccn2c1[N+](=O)[O-])c1nccn1C. The van der Waals surface area contributed by atoms with Crippen LogP contribution in [0.25, 0.3) is 4.96 Å². The Morgan fingerprint density at radius 1 is 1.33 bits per heavy atom. The monoisotopic (exact) mass is 384 g/mol. The first-order chi connectivity index (χ1) is 13.1. The van der Waals surface area contributed by atoms with E-state index in [-0.39, 0.29) is 11.6 Å². The number of ether oxygens (including phenoxy) is 1. The summed E-state index contributed by atoms with van der Waals surface area (Å²) in [5.41, 5.74) is 0.806. The second kappa shape index (κ2) is 6.72. The highest BCUT2D eigenvalue weighted by Gasteiger charge is 2.29. The number of fused-ring (bicyclic) bond motifs is 1. The van der Waals surface area contributed by atoms with E-state index in [9.17, 15) is 10.1 Å². The Bertz CT molecular complexity index is 1110. The topological polar surface area (TPSA) is 99.5 Å². The summed E-state index contributed by atoms with van der Waals surface area (Å²) in [5.74, 6) is 1.41. The number of nitrogens with one attached hydrogen (secondary N) is 1. The Labute approximate surface area is 158 Å². The van der Waals surface area contributed by atoms with Crippen LogP contribution in [0.4, 0.5) is 11.6 Å². The lowest BCUT2D eigenvalue weighted by Crippen LogP contribution is -2.18. The highest BCUT2D eigenvalue weighted by molar-refractivity contribution is 7.15. The average molecular weight is 384 g/mol. The first-order valence-electron chi connectivity index (χ1n) is 8.06. The van der Waals surface area contributed by atoms with Gasteiger partial charge in [-0.3, -0.25) is 0 Å². The summed E-state index contributed by atoms with van der Waals surface area (Å²) in [6, 6.07) is 7.01. The third-order valence-electron chi connectivity index (χ3n) is 4.26. The number of aryl methyl sites for hydroxylation is 1. The maximum atomic E-state index is 11.7. The van der Waals surface area contributed by atoms with E-state index in [0.29, 0.717) is 16.5 Å². The number of nitro groups is 1. The van der Waals surface area contributed by atoms with Gasteiger partial charge in [-0.25, -0.2) is 4.98 Å². The molecule has 3 heterocycles. The number of imidazole rings is 2. The smallest absolute Gasteiger partial charge is 0.372 e. The molecule has 138 valence electrons. The van der Waals surface area contributed by atoms with Crippen molar-refractivity contribution in [1.82, 2.24) is 18.9 Å². The molecular weight excluding hydrogens is 368 g/mol. The highest BCUT2D eigenvalue weighted by Crippen LogP contribution is 2.35. The summed E-state index contributed by atoms with van der Waals surface area (Å²) in [6.45, 7) is 0. The van der Waals surface area contributed by atoms with E-state index < -0.39 is 11.0 Å². The number of aromatic nitrogens is 4. The summed E-state index contributed by atoms with van der Waals surface area (Å²) in [4.78, 5) is 20.6. The maximum Gasteiger partial charge on any atom is 0.372 e. The van der Waals surface area contributed by atoms with Gasteiger partial charge in [0.25, 0.3) is 4.96 Å². The van der Waals surface area contributed by atoms with Gasteiger partial charge in [-0.15, -0.1) is 0 Å². The number of para-hydroxylation sites is 1. The molecule has 9 nitrogen and oxygen atoms in total. The zero-order valence-electron chi connectivity index (χ0n) is 14.6. The van der Waals surface area contributed by atoms with Crippen molar-refractivity contribution >= 4 is 27.9 Å². The van der Waals surface area contributed by atoms with Crippen molar-refractivity contribution in [2.24, 2.45) is 7.05 Å². The van der Waals surface area contributed by atoms with Crippen LogP contribution in [0.1, 0.15) is 17.4 Å². The quantitative estimate of drug-likeness (QED) is 0.405. The normalized spacial score (nSPS) is 12.2. The molecule has 0 aliphatic rings. The number of hydrogen-bond acceptors (Lipinski definition) is 7. The van der Waals surface area contributed by atoms with Crippen LogP contribution in [-0.2, 0) is 7.05 Å². The van der Waals surface area contributed by atoms with Gasteiger partial charge in [0.2, 0.25) is 5.82 Å². The fourth-order valence-corrected chi connectivity index (χ4v) is 3.73. The summed E-state index contributed by atoms with van der Waals surface area (Å²) in [5, 5.41) is 16.6. The van der Waals surface area contributed by atoms with E-state index in [0.717, 1.165) is 5.56 Å². The van der Waals surface area contributed by atoms with Crippen LogP contribution in [0.3, 0.4) is 0 Å². The number of hydrogen-bond donors (Lipinski definition) is 1. The fourth-order valence-electron chi connectivity index (χ4n) is 3.02. The number of thiazole rings is 1. The number of anilines is 1. The first kappa shape index (κ1) is 17.0. The van der Waals surface area contributed by atoms with Crippen LogP contribution in [0.5, 0.6) is 5.75 Å². The molecule has 1 unspecified atom stereocenters. The van der Waals surface area contributed by atoms with Crippen LogP contribution in [-0.4, -0.2) is 31.0 Å². The van der Waals surface area contributed by atoms with Crippen molar-refractivity contribution in [3.05, 3.63) is 69.7 Å². The van der Waals surface area contributed by atoms with Crippen molar-refractivity contribution < 1.29 is 9.66 Å². The van der Waals surface area contributed by atoms with Gasteiger partial charge in [0, 0.05) is 30.4 Å². The molecule has 0 aliphatic heterocycles. The lowest BCUT2D eigenvalue weighted by Gasteiger charge is -2.20. The Balaban J connectivity index is 1.86. The minimum Gasteiger partial charge on any atom is -0.496 e. The number of rotatable bonds is 6. The van der Waals surface area contributed by atoms with Crippen LogP contribution < -0.4 is 10.1 Å². The van der Waals surface area contributed by atoms with E-state index in [1.165, 1.54) is 15.7 Å². The van der Waals surface area contributed by atoms with Gasteiger partial charge in [0.1, 0.15) is 23.8 Å². The summed E-state index contributed by atoms with van der Waals surface area (Å²) < 4.78 is 8.81. The van der Waals surface area contributed by atoms with Gasteiger partial charge < -0.3 is 24.7 Å². The van der Waals surface area contributed by atoms with Gasteiger partial charge in [-0.05, 0) is 11.0 Å². The van der Waals surface area contributed by atoms with Crippen LogP contribution in [0.15, 0.2) is 48.2 Å². The van der Waals surface area contributed by atoms with E-state index >= 15 is 0 Å². The van der Waals surface area contributed by atoms with Gasteiger partial charge in [0.15, 0.2) is 0 Å². The van der Waals surface area contributed by atoms with E-state index in [1.807, 2.05) is 42.1 Å². The van der Waals surface area contributed by atoms with Crippen LogP contribution in [0.2, 0.25) is 0 Å². The van der Waals surface area contributed by atoms with E-state index in [2.05, 4.69) is 15.3 Å². The molecule has 0 amide bonds. The molecule has 1 atom stereocenters. The molecule has 3 aromatic heterocycles. The minimum atomic E-state index is -0.482. The largest absolute Gasteiger partial charge is 0.496 e. The Morgan fingerprint density at radius 3 is 2.85 bits per heavy atom. The highest BCUT2D eigenvalue weighted by atomic mass is 32.1. The Kier molecular flexibility index (Phi) is 4.24. The van der Waals surface area contributed by atoms with Gasteiger partial charge in [-0.1, -0.05) is 29.5 Å². The van der Waals surface area contributed by atoms with Crippen molar-refractivity contribution in [1.29, 1.82) is 0 Å². The second-order valence-corrected chi connectivity index (χ2v) is 6.69. The van der Waals surface area contributed by atoms with Gasteiger partial charge in [0.05, 0.1) is 7.11 Å². The van der Waals surface area contributed by atoms with E-state index in [4.69, 9.17) is 4.74 Å². The Hall–Kier alpha value is -3.40. The summed E-state index contributed by atoms with van der Waals surface area (Å²) in [7, 11) is 3.45. The standard InChI is InChI=1S/C17H16N6O3S/c1-21-8-7-18-15(21)13(11-5-3-4-6-12(11)26-2)19-14-16(23(24)25)22-9-10-27-17(22)20-14/h3-10,13,19H,1-2H3. The van der Waals surface area contributed by atoms with Crippen molar-refractivity contribution in [3.63, 3.8) is 0 Å². The molecule has 4 aromatic rings. The number of benzene rings is 1. The molecule has 0 aliphatic carbocycles. The third kappa shape index (κ3) is 2.89.